The van der Waals surface area contributed by atoms with Crippen molar-refractivity contribution in [2.24, 2.45) is 0 Å². The Bertz CT molecular complexity index is 464. The molecule has 2 unspecified atom stereocenters. The molecule has 0 fully saturated rings. The molecule has 2 rings (SSSR count). The number of thiophene rings is 2. The van der Waals surface area contributed by atoms with Gasteiger partial charge in [0.05, 0.1) is 10.4 Å². The maximum atomic E-state index is 6.06. The Morgan fingerprint density at radius 2 is 2.11 bits per heavy atom. The second kappa shape index (κ2) is 6.71. The summed E-state index contributed by atoms with van der Waals surface area (Å²) in [5, 5.41) is 5.84. The highest BCUT2D eigenvalue weighted by atomic mass is 35.5. The lowest BCUT2D eigenvalue weighted by Crippen LogP contribution is -2.30. The van der Waals surface area contributed by atoms with Crippen LogP contribution in [0.5, 0.6) is 0 Å². The van der Waals surface area contributed by atoms with Gasteiger partial charge in [0.15, 0.2) is 0 Å². The van der Waals surface area contributed by atoms with Crippen LogP contribution < -0.4 is 5.32 Å². The molecule has 98 valence electrons. The van der Waals surface area contributed by atoms with Crippen LogP contribution in [-0.4, -0.2) is 6.04 Å². The smallest absolute Gasteiger partial charge is 0.0931 e. The summed E-state index contributed by atoms with van der Waals surface area (Å²) in [7, 11) is 0. The average Bonchev–Trinajstić information content (AvgIpc) is 2.97. The van der Waals surface area contributed by atoms with Gasteiger partial charge in [-0.25, -0.2) is 0 Å². The molecule has 2 heterocycles. The molecule has 2 aromatic heterocycles. The van der Waals surface area contributed by atoms with Crippen LogP contribution in [0.4, 0.5) is 0 Å². The van der Waals surface area contributed by atoms with Crippen molar-refractivity contribution < 1.29 is 0 Å². The van der Waals surface area contributed by atoms with Crippen LogP contribution in [0, 0.1) is 0 Å². The normalized spacial score (nSPS) is 14.6. The standard InChI is InChI=1S/C14H18ClNS2/c1-3-5-10(2)16-14(11-6-4-9-17-11)12-7-8-13(15)18-12/h4,6-10,14,16H,3,5H2,1-2H3. The van der Waals surface area contributed by atoms with Gasteiger partial charge in [-0.15, -0.1) is 22.7 Å². The first-order valence-electron chi connectivity index (χ1n) is 6.25. The molecule has 1 nitrogen and oxygen atoms in total. The molecular weight excluding hydrogens is 282 g/mol. The monoisotopic (exact) mass is 299 g/mol. The molecular formula is C14H18ClNS2. The molecule has 1 N–H and O–H groups in total. The highest BCUT2D eigenvalue weighted by Crippen LogP contribution is 2.33. The zero-order chi connectivity index (χ0) is 13.0. The molecule has 0 saturated heterocycles. The van der Waals surface area contributed by atoms with E-state index in [0.29, 0.717) is 6.04 Å². The first-order valence-corrected chi connectivity index (χ1v) is 8.32. The molecule has 4 heteroatoms. The third-order valence-corrected chi connectivity index (χ3v) is 5.11. The minimum absolute atomic E-state index is 0.282. The molecule has 0 spiro atoms. The molecule has 0 saturated carbocycles. The number of halogens is 1. The van der Waals surface area contributed by atoms with Gasteiger partial charge in [-0.2, -0.15) is 0 Å². The van der Waals surface area contributed by atoms with E-state index < -0.39 is 0 Å². The van der Waals surface area contributed by atoms with Gasteiger partial charge < -0.3 is 5.32 Å². The van der Waals surface area contributed by atoms with E-state index in [9.17, 15) is 0 Å². The summed E-state index contributed by atoms with van der Waals surface area (Å²) in [6, 6.07) is 9.20. The van der Waals surface area contributed by atoms with Crippen molar-refractivity contribution in [1.29, 1.82) is 0 Å². The minimum atomic E-state index is 0.282. The van der Waals surface area contributed by atoms with E-state index in [2.05, 4.69) is 42.7 Å². The van der Waals surface area contributed by atoms with E-state index in [-0.39, 0.29) is 6.04 Å². The van der Waals surface area contributed by atoms with Crippen molar-refractivity contribution in [3.05, 3.63) is 43.7 Å². The van der Waals surface area contributed by atoms with Crippen molar-refractivity contribution in [1.82, 2.24) is 5.32 Å². The van der Waals surface area contributed by atoms with Crippen LogP contribution in [0.25, 0.3) is 0 Å². The van der Waals surface area contributed by atoms with Crippen LogP contribution in [0.2, 0.25) is 4.34 Å². The van der Waals surface area contributed by atoms with E-state index in [1.807, 2.05) is 6.07 Å². The summed E-state index contributed by atoms with van der Waals surface area (Å²) in [6.07, 6.45) is 2.40. The van der Waals surface area contributed by atoms with Crippen molar-refractivity contribution in [3.63, 3.8) is 0 Å². The van der Waals surface area contributed by atoms with Gasteiger partial charge in [-0.3, -0.25) is 0 Å². The van der Waals surface area contributed by atoms with E-state index in [0.717, 1.165) is 4.34 Å². The Labute approximate surface area is 122 Å². The number of rotatable bonds is 6. The van der Waals surface area contributed by atoms with Gasteiger partial charge in [0, 0.05) is 15.8 Å². The lowest BCUT2D eigenvalue weighted by molar-refractivity contribution is 0.475. The van der Waals surface area contributed by atoms with E-state index in [4.69, 9.17) is 11.6 Å². The first-order chi connectivity index (χ1) is 8.70. The average molecular weight is 300 g/mol. The fraction of sp³-hybridized carbons (Fsp3) is 0.429. The molecule has 2 atom stereocenters. The van der Waals surface area contributed by atoms with Gasteiger partial charge in [-0.05, 0) is 36.9 Å². The summed E-state index contributed by atoms with van der Waals surface area (Å²) in [6.45, 7) is 4.47. The lowest BCUT2D eigenvalue weighted by atomic mass is 10.1. The summed E-state index contributed by atoms with van der Waals surface area (Å²) in [4.78, 5) is 2.65. The topological polar surface area (TPSA) is 12.0 Å². The molecule has 0 aliphatic heterocycles. The molecule has 0 radical (unpaired) electrons. The summed E-state index contributed by atoms with van der Waals surface area (Å²) < 4.78 is 0.858. The van der Waals surface area contributed by atoms with Crippen molar-refractivity contribution in [2.75, 3.05) is 0 Å². The summed E-state index contributed by atoms with van der Waals surface area (Å²) in [5.74, 6) is 0. The highest BCUT2D eigenvalue weighted by Gasteiger charge is 2.18. The predicted octanol–water partition coefficient (Wildman–Crippen LogP) is 5.33. The van der Waals surface area contributed by atoms with Crippen molar-refractivity contribution in [2.45, 2.75) is 38.8 Å². The highest BCUT2D eigenvalue weighted by molar-refractivity contribution is 7.16. The maximum Gasteiger partial charge on any atom is 0.0931 e. The zero-order valence-electron chi connectivity index (χ0n) is 10.7. The fourth-order valence-corrected chi connectivity index (χ4v) is 4.06. The van der Waals surface area contributed by atoms with Crippen molar-refractivity contribution in [3.8, 4) is 0 Å². The van der Waals surface area contributed by atoms with Crippen LogP contribution in [0.1, 0.15) is 42.5 Å². The third kappa shape index (κ3) is 3.58. The Morgan fingerprint density at radius 3 is 2.67 bits per heavy atom. The molecule has 0 aliphatic rings. The summed E-state index contributed by atoms with van der Waals surface area (Å²) >= 11 is 9.52. The number of hydrogen-bond donors (Lipinski definition) is 1. The lowest BCUT2D eigenvalue weighted by Gasteiger charge is -2.21. The predicted molar refractivity (Wildman–Crippen MR) is 83.0 cm³/mol. The van der Waals surface area contributed by atoms with Gasteiger partial charge in [-0.1, -0.05) is 31.0 Å². The van der Waals surface area contributed by atoms with Crippen molar-refractivity contribution >= 4 is 34.3 Å². The molecule has 2 aromatic rings. The van der Waals surface area contributed by atoms with E-state index in [1.165, 1.54) is 22.6 Å². The number of nitrogens with one attached hydrogen (secondary N) is 1. The van der Waals surface area contributed by atoms with Gasteiger partial charge in [0.25, 0.3) is 0 Å². The second-order valence-electron chi connectivity index (χ2n) is 4.45. The third-order valence-electron chi connectivity index (χ3n) is 2.88. The quantitative estimate of drug-likeness (QED) is 0.760. The minimum Gasteiger partial charge on any atom is -0.302 e. The molecule has 0 amide bonds. The van der Waals surface area contributed by atoms with E-state index in [1.54, 1.807) is 22.7 Å². The molecule has 0 aliphatic carbocycles. The van der Waals surface area contributed by atoms with Crippen LogP contribution in [-0.2, 0) is 0 Å². The van der Waals surface area contributed by atoms with Crippen LogP contribution in [0.3, 0.4) is 0 Å². The largest absolute Gasteiger partial charge is 0.302 e. The van der Waals surface area contributed by atoms with Crippen LogP contribution in [0.15, 0.2) is 29.6 Å². The number of hydrogen-bond acceptors (Lipinski definition) is 3. The Hall–Kier alpha value is -0.350. The van der Waals surface area contributed by atoms with Gasteiger partial charge >= 0.3 is 0 Å². The van der Waals surface area contributed by atoms with Gasteiger partial charge in [0.2, 0.25) is 0 Å². The van der Waals surface area contributed by atoms with Crippen LogP contribution >= 0.6 is 34.3 Å². The Morgan fingerprint density at radius 1 is 1.28 bits per heavy atom. The maximum absolute atomic E-state index is 6.06. The second-order valence-corrected chi connectivity index (χ2v) is 7.17. The zero-order valence-corrected chi connectivity index (χ0v) is 13.0. The SMILES string of the molecule is CCCC(C)NC(c1cccs1)c1ccc(Cl)s1. The molecule has 0 aromatic carbocycles. The summed E-state index contributed by atoms with van der Waals surface area (Å²) in [5.41, 5.74) is 0. The molecule has 0 bridgehead atoms. The Balaban J connectivity index is 2.18. The Kier molecular flexibility index (Phi) is 5.25. The van der Waals surface area contributed by atoms with Gasteiger partial charge in [0.1, 0.15) is 0 Å². The van der Waals surface area contributed by atoms with E-state index >= 15 is 0 Å². The first kappa shape index (κ1) is 14.1. The fourth-order valence-electron chi connectivity index (χ4n) is 2.04. The molecule has 18 heavy (non-hydrogen) atoms.